The van der Waals surface area contributed by atoms with E-state index in [0.29, 0.717) is 0 Å². The lowest BCUT2D eigenvalue weighted by Crippen LogP contribution is -3.00. The van der Waals surface area contributed by atoms with Gasteiger partial charge in [0.1, 0.15) is 55.8 Å². The Hall–Kier alpha value is -1.99. The fourth-order valence-corrected chi connectivity index (χ4v) is 1.26. The third-order valence-corrected chi connectivity index (χ3v) is 2.56. The van der Waals surface area contributed by atoms with Gasteiger partial charge in [-0.25, -0.2) is 27.2 Å². The molecule has 0 aliphatic carbocycles. The molecule has 0 saturated carbocycles. The van der Waals surface area contributed by atoms with Gasteiger partial charge >= 0.3 is 11.9 Å². The second kappa shape index (κ2) is 29.2. The van der Waals surface area contributed by atoms with Gasteiger partial charge in [-0.1, -0.05) is 42.2 Å². The van der Waals surface area contributed by atoms with Gasteiger partial charge < -0.3 is 36.8 Å². The first-order chi connectivity index (χ1) is 15.7. The van der Waals surface area contributed by atoms with Crippen LogP contribution in [0.15, 0.2) is 10.3 Å². The maximum atomic E-state index is 10.7. The van der Waals surface area contributed by atoms with Crippen molar-refractivity contribution in [1.29, 1.82) is 0 Å². The molecule has 0 aromatic rings. The van der Waals surface area contributed by atoms with Gasteiger partial charge in [0, 0.05) is 10.7 Å². The fraction of sp³-hybridized carbons (Fsp3) is 0.500. The van der Waals surface area contributed by atoms with E-state index in [1.807, 2.05) is 28.2 Å². The van der Waals surface area contributed by atoms with E-state index in [1.165, 1.54) is 14.2 Å². The summed E-state index contributed by atoms with van der Waals surface area (Å²) in [6.07, 6.45) is 0. The van der Waals surface area contributed by atoms with Gasteiger partial charge in [0.05, 0.1) is 10.7 Å². The molecule has 0 amide bonds. The Kier molecular flexibility index (Phi) is 38.4. The minimum Gasteiger partial charge on any atom is -1.00 e. The Morgan fingerprint density at radius 2 is 1.03 bits per heavy atom. The van der Waals surface area contributed by atoms with E-state index in [9.17, 15) is 19.2 Å². The van der Waals surface area contributed by atoms with Gasteiger partial charge in [-0.3, -0.25) is 9.59 Å². The van der Waals surface area contributed by atoms with E-state index in [-0.39, 0.29) is 23.1 Å². The zero-order chi connectivity index (χ0) is 29.4. The monoisotopic (exact) mass is 712 g/mol. The third kappa shape index (κ3) is 53.4. The number of carbonyl (C=O) groups is 4. The predicted octanol–water partition coefficient (Wildman–Crippen LogP) is -3.32. The zero-order valence-corrected chi connectivity index (χ0v) is 25.6. The summed E-state index contributed by atoms with van der Waals surface area (Å²) in [6.45, 7) is 6.94. The van der Waals surface area contributed by atoms with E-state index in [2.05, 4.69) is 76.0 Å². The Morgan fingerprint density at radius 3 is 1.11 bits per heavy atom. The van der Waals surface area contributed by atoms with Crippen molar-refractivity contribution in [2.45, 2.75) is 0 Å². The van der Waals surface area contributed by atoms with Crippen molar-refractivity contribution in [1.82, 2.24) is 0 Å². The molecule has 15 nitrogen and oxygen atoms in total. The molecular weight excluding hydrogens is 687 g/mol. The highest BCUT2D eigenvalue weighted by atomic mass is 79.9. The molecule has 0 bridgehead atoms. The molecule has 0 aromatic heterocycles. The van der Waals surface area contributed by atoms with Crippen LogP contribution < -0.4 is 12.4 Å². The molecule has 2 N–H and O–H groups in total. The Morgan fingerprint density at radius 1 is 0.861 bits per heavy atom. The van der Waals surface area contributed by atoms with Crippen molar-refractivity contribution >= 4 is 100 Å². The first-order valence-corrected chi connectivity index (χ1v) is 12.7. The van der Waals surface area contributed by atoms with Crippen molar-refractivity contribution in [3.05, 3.63) is 0 Å². The highest BCUT2D eigenvalue weighted by Gasteiger charge is 2.19. The van der Waals surface area contributed by atoms with Crippen molar-refractivity contribution in [2.75, 3.05) is 53.1 Å². The zero-order valence-electron chi connectivity index (χ0n) is 20.1. The van der Waals surface area contributed by atoms with Crippen LogP contribution in [0, 0.1) is 0 Å². The van der Waals surface area contributed by atoms with Gasteiger partial charge in [-0.15, -0.1) is 0 Å². The van der Waals surface area contributed by atoms with E-state index in [4.69, 9.17) is 23.2 Å². The first-order valence-electron chi connectivity index (χ1n) is 8.21. The minimum absolute atomic E-state index is 0. The number of nitrogens with zero attached hydrogens (tertiary/aromatic N) is 4. The van der Waals surface area contributed by atoms with Crippen molar-refractivity contribution in [2.24, 2.45) is 10.3 Å². The summed E-state index contributed by atoms with van der Waals surface area (Å²) >= 11 is 5.61. The van der Waals surface area contributed by atoms with Crippen LogP contribution in [-0.4, -0.2) is 134 Å². The Balaban J connectivity index is -0.0000000837. The molecule has 0 unspecified atom stereocenters. The number of carboxylic acid groups (broad SMARTS) is 2. The van der Waals surface area contributed by atoms with Crippen LogP contribution in [0.4, 0.5) is 0 Å². The third-order valence-electron chi connectivity index (χ3n) is 1.54. The quantitative estimate of drug-likeness (QED) is 0.0483. The number of alkyl halides is 2. The summed E-state index contributed by atoms with van der Waals surface area (Å²) < 4.78 is 30.0. The van der Waals surface area contributed by atoms with Crippen molar-refractivity contribution in [3.63, 3.8) is 0 Å². The van der Waals surface area contributed by atoms with Crippen LogP contribution in [0.3, 0.4) is 0 Å². The highest BCUT2D eigenvalue weighted by molar-refractivity contribution is 9.09. The number of halogens is 4. The maximum Gasteiger partial charge on any atom is 0.361 e. The minimum atomic E-state index is -4.44. The topological polar surface area (TPSA) is 215 Å². The molecule has 0 saturated heterocycles. The van der Waals surface area contributed by atoms with Gasteiger partial charge in [-0.05, 0) is 0 Å². The lowest BCUT2D eigenvalue weighted by atomic mass is 10.3. The largest absolute Gasteiger partial charge is 1.00 e. The summed E-state index contributed by atoms with van der Waals surface area (Å²) in [4.78, 5) is 50.2. The first kappa shape index (κ1) is 47.2. The fourth-order valence-electron chi connectivity index (χ4n) is 0.728. The molecule has 0 aliphatic heterocycles. The van der Waals surface area contributed by atoms with Crippen molar-refractivity contribution < 1.29 is 73.6 Å². The SMILES string of the molecule is C=[N+](C)C.C=[N+](C)C.CO/N=C(\C(=O)O)C(=O)CBr.CO/N=C(\C(=O)O)C(=O)CBr.O=S(=O)([O-])Cl.[Cl-]. The number of Topliss-reactive ketones (excluding diaryl/α,β-unsaturated/α-hetero) is 2. The molecule has 36 heavy (non-hydrogen) atoms. The average Bonchev–Trinajstić information content (AvgIpc) is 2.67. The number of carbonyl (C=O) groups excluding carboxylic acids is 2. The second-order valence-electron chi connectivity index (χ2n) is 5.52. The van der Waals surface area contributed by atoms with Crippen LogP contribution in [0.25, 0.3) is 0 Å². The van der Waals surface area contributed by atoms with Crippen LogP contribution in [0.1, 0.15) is 0 Å². The van der Waals surface area contributed by atoms with Crippen LogP contribution in [-0.2, 0) is 38.2 Å². The van der Waals surface area contributed by atoms with Crippen LogP contribution >= 0.6 is 42.5 Å². The Labute approximate surface area is 236 Å². The lowest BCUT2D eigenvalue weighted by molar-refractivity contribution is -0.454. The normalized spacial score (nSPS) is 9.72. The number of oxime groups is 2. The summed E-state index contributed by atoms with van der Waals surface area (Å²) in [7, 11) is 9.40. The number of carboxylic acids is 2. The molecule has 0 aromatic carbocycles. The summed E-state index contributed by atoms with van der Waals surface area (Å²) in [5.74, 6) is -4.04. The Bertz CT molecular complexity index is 811. The van der Waals surface area contributed by atoms with Gasteiger partial charge in [0.25, 0.3) is 0 Å². The average molecular weight is 715 g/mol. The number of aliphatic carboxylic acids is 2. The summed E-state index contributed by atoms with van der Waals surface area (Å²) in [6, 6.07) is 0. The van der Waals surface area contributed by atoms with Crippen LogP contribution in [0.2, 0.25) is 0 Å². The molecule has 0 radical (unpaired) electrons. The maximum absolute atomic E-state index is 10.7. The molecule has 0 spiro atoms. The standard InChI is InChI=1S/2C5H6BrNO4.2C3H8N.ClHO3S.ClH/c2*1-11-7-4(5(9)10)3(8)2-6;2*1-4(2)3;1-5(2,3)4;/h2*2H2,1H3,(H,9,10);2*1H2,2-3H3;(H,2,3,4);1H/q;;2*+1;;/p-2/b2*7-4-;;;;. The smallest absolute Gasteiger partial charge is 0.361 e. The van der Waals surface area contributed by atoms with E-state index < -0.39 is 44.3 Å². The van der Waals surface area contributed by atoms with E-state index in [0.717, 1.165) is 0 Å². The molecule has 0 fully saturated rings. The molecule has 0 rings (SSSR count). The highest BCUT2D eigenvalue weighted by Crippen LogP contribution is 1.90. The number of ketones is 2. The van der Waals surface area contributed by atoms with Crippen LogP contribution in [0.5, 0.6) is 0 Å². The molecule has 212 valence electrons. The summed E-state index contributed by atoms with van der Waals surface area (Å²) in [5, 5.41) is 22.6. The number of hydrogen-bond donors (Lipinski definition) is 2. The second-order valence-corrected chi connectivity index (χ2v) is 8.56. The molecule has 0 aliphatic rings. The molecule has 20 heteroatoms. The van der Waals surface area contributed by atoms with Gasteiger partial charge in [0.2, 0.25) is 23.0 Å². The van der Waals surface area contributed by atoms with Gasteiger partial charge in [0.15, 0.2) is 9.33 Å². The summed E-state index contributed by atoms with van der Waals surface area (Å²) in [5.41, 5.74) is -1.21. The molecule has 0 heterocycles. The van der Waals surface area contributed by atoms with Gasteiger partial charge in [-0.2, -0.15) is 0 Å². The molecular formula is C16H28Br2Cl2N4O11S. The number of hydrogen-bond acceptors (Lipinski definition) is 11. The number of rotatable bonds is 8. The van der Waals surface area contributed by atoms with Crippen molar-refractivity contribution in [3.8, 4) is 0 Å². The van der Waals surface area contributed by atoms with E-state index in [1.54, 1.807) is 9.15 Å². The van der Waals surface area contributed by atoms with E-state index >= 15 is 0 Å². The lowest BCUT2D eigenvalue weighted by Gasteiger charge is -1.94. The molecule has 0 atom stereocenters. The predicted molar refractivity (Wildman–Crippen MR) is 136 cm³/mol.